The van der Waals surface area contributed by atoms with Crippen molar-refractivity contribution in [1.29, 1.82) is 0 Å². The van der Waals surface area contributed by atoms with E-state index in [4.69, 9.17) is 5.73 Å². The first-order chi connectivity index (χ1) is 11.7. The Morgan fingerprint density at radius 2 is 2.00 bits per heavy atom. The number of benzene rings is 1. The highest BCUT2D eigenvalue weighted by atomic mass is 19.3. The number of aromatic nitrogens is 3. The lowest BCUT2D eigenvalue weighted by Crippen LogP contribution is -2.41. The predicted molar refractivity (Wildman–Crippen MR) is 79.1 cm³/mol. The maximum absolute atomic E-state index is 13.1. The molecule has 1 aromatic heterocycles. The SMILES string of the molecule is Cc1c(C(=O)NCC(F)(F)CN)nnn1-c1ccc(OC(F)F)cc1. The van der Waals surface area contributed by atoms with Gasteiger partial charge in [-0.1, -0.05) is 5.21 Å². The summed E-state index contributed by atoms with van der Waals surface area (Å²) in [6.07, 6.45) is 0. The third-order valence-electron chi connectivity index (χ3n) is 3.22. The average Bonchev–Trinajstić information content (AvgIpc) is 2.94. The molecule has 2 aromatic rings. The topological polar surface area (TPSA) is 95.1 Å². The van der Waals surface area contributed by atoms with Gasteiger partial charge in [-0.3, -0.25) is 4.79 Å². The van der Waals surface area contributed by atoms with E-state index in [2.05, 4.69) is 15.0 Å². The standard InChI is InChI=1S/C14H15F4N5O2/c1-8-11(12(24)20-7-14(17,18)6-19)21-22-23(8)9-2-4-10(5-3-9)25-13(15)16/h2-5,13H,6-7,19H2,1H3,(H,20,24). The zero-order valence-electron chi connectivity index (χ0n) is 13.0. The summed E-state index contributed by atoms with van der Waals surface area (Å²) in [5.41, 5.74) is 5.47. The molecule has 11 heteroatoms. The molecular weight excluding hydrogens is 346 g/mol. The number of hydrogen-bond acceptors (Lipinski definition) is 5. The van der Waals surface area contributed by atoms with Crippen LogP contribution in [0.3, 0.4) is 0 Å². The van der Waals surface area contributed by atoms with Gasteiger partial charge in [0, 0.05) is 0 Å². The summed E-state index contributed by atoms with van der Waals surface area (Å²) in [5.74, 6) is -4.09. The lowest BCUT2D eigenvalue weighted by atomic mass is 10.2. The van der Waals surface area contributed by atoms with E-state index in [1.54, 1.807) is 0 Å². The van der Waals surface area contributed by atoms with Crippen molar-refractivity contribution in [2.24, 2.45) is 5.73 Å². The van der Waals surface area contributed by atoms with Gasteiger partial charge in [0.1, 0.15) is 5.75 Å². The fraction of sp³-hybridized carbons (Fsp3) is 0.357. The van der Waals surface area contributed by atoms with Gasteiger partial charge >= 0.3 is 6.61 Å². The largest absolute Gasteiger partial charge is 0.435 e. The quantitative estimate of drug-likeness (QED) is 0.729. The number of amides is 1. The zero-order valence-corrected chi connectivity index (χ0v) is 13.0. The van der Waals surface area contributed by atoms with Crippen LogP contribution in [0, 0.1) is 6.92 Å². The van der Waals surface area contributed by atoms with E-state index in [1.807, 2.05) is 5.32 Å². The Labute approximate surface area is 139 Å². The first kappa shape index (κ1) is 18.6. The Balaban J connectivity index is 2.13. The lowest BCUT2D eigenvalue weighted by molar-refractivity contribution is -0.0498. The molecule has 0 unspecified atom stereocenters. The molecule has 0 saturated heterocycles. The summed E-state index contributed by atoms with van der Waals surface area (Å²) in [5, 5.41) is 9.47. The van der Waals surface area contributed by atoms with Gasteiger partial charge in [0.05, 0.1) is 24.5 Å². The van der Waals surface area contributed by atoms with Crippen LogP contribution in [0.1, 0.15) is 16.2 Å². The van der Waals surface area contributed by atoms with Gasteiger partial charge in [0.2, 0.25) is 0 Å². The van der Waals surface area contributed by atoms with E-state index in [9.17, 15) is 22.4 Å². The molecule has 0 aliphatic heterocycles. The van der Waals surface area contributed by atoms with Crippen LogP contribution in [0.4, 0.5) is 17.6 Å². The molecule has 0 aliphatic rings. The normalized spacial score (nSPS) is 11.6. The van der Waals surface area contributed by atoms with Crippen molar-refractivity contribution in [3.05, 3.63) is 35.7 Å². The van der Waals surface area contributed by atoms with Gasteiger partial charge in [-0.25, -0.2) is 13.5 Å². The number of carbonyl (C=O) groups is 1. The Bertz CT molecular complexity index is 733. The maximum Gasteiger partial charge on any atom is 0.387 e. The molecule has 0 atom stereocenters. The number of alkyl halides is 4. The van der Waals surface area contributed by atoms with Crippen molar-refractivity contribution >= 4 is 5.91 Å². The van der Waals surface area contributed by atoms with Crippen molar-refractivity contribution in [3.63, 3.8) is 0 Å². The molecule has 0 spiro atoms. The van der Waals surface area contributed by atoms with Gasteiger partial charge in [0.15, 0.2) is 5.69 Å². The van der Waals surface area contributed by atoms with Crippen molar-refractivity contribution in [2.75, 3.05) is 13.1 Å². The van der Waals surface area contributed by atoms with Crippen molar-refractivity contribution < 1.29 is 27.1 Å². The molecule has 1 aromatic carbocycles. The predicted octanol–water partition coefficient (Wildman–Crippen LogP) is 1.50. The average molecular weight is 361 g/mol. The first-order valence-electron chi connectivity index (χ1n) is 7.07. The number of carbonyl (C=O) groups excluding carboxylic acids is 1. The molecule has 0 saturated carbocycles. The van der Waals surface area contributed by atoms with Crippen LogP contribution in [0.2, 0.25) is 0 Å². The van der Waals surface area contributed by atoms with Crippen molar-refractivity contribution in [2.45, 2.75) is 19.5 Å². The number of ether oxygens (including phenoxy) is 1. The smallest absolute Gasteiger partial charge is 0.387 e. The van der Waals surface area contributed by atoms with E-state index in [-0.39, 0.29) is 17.1 Å². The third-order valence-corrected chi connectivity index (χ3v) is 3.22. The van der Waals surface area contributed by atoms with E-state index in [0.29, 0.717) is 5.69 Å². The number of nitrogens with zero attached hydrogens (tertiary/aromatic N) is 3. The monoisotopic (exact) mass is 361 g/mol. The molecule has 25 heavy (non-hydrogen) atoms. The highest BCUT2D eigenvalue weighted by Gasteiger charge is 2.28. The number of hydrogen-bond donors (Lipinski definition) is 2. The third kappa shape index (κ3) is 4.66. The highest BCUT2D eigenvalue weighted by molar-refractivity contribution is 5.93. The number of nitrogens with two attached hydrogens (primary N) is 1. The van der Waals surface area contributed by atoms with E-state index in [0.717, 1.165) is 0 Å². The second-order valence-corrected chi connectivity index (χ2v) is 5.05. The lowest BCUT2D eigenvalue weighted by Gasteiger charge is -2.13. The Kier molecular flexibility index (Phi) is 5.57. The minimum Gasteiger partial charge on any atom is -0.435 e. The van der Waals surface area contributed by atoms with Crippen LogP contribution in [0.5, 0.6) is 5.75 Å². The zero-order chi connectivity index (χ0) is 18.6. The van der Waals surface area contributed by atoms with Crippen molar-refractivity contribution in [3.8, 4) is 11.4 Å². The maximum atomic E-state index is 13.1. The molecule has 0 aliphatic carbocycles. The molecular formula is C14H15F4N5O2. The van der Waals surface area contributed by atoms with E-state index in [1.165, 1.54) is 35.9 Å². The Morgan fingerprint density at radius 3 is 2.56 bits per heavy atom. The summed E-state index contributed by atoms with van der Waals surface area (Å²) in [6, 6.07) is 5.46. The van der Waals surface area contributed by atoms with Crippen molar-refractivity contribution in [1.82, 2.24) is 20.3 Å². The molecule has 0 radical (unpaired) electrons. The van der Waals surface area contributed by atoms with Gasteiger partial charge < -0.3 is 15.8 Å². The van der Waals surface area contributed by atoms with Gasteiger partial charge in [0.25, 0.3) is 11.8 Å². The summed E-state index contributed by atoms with van der Waals surface area (Å²) < 4.78 is 55.9. The van der Waals surface area contributed by atoms with Crippen LogP contribution in [-0.2, 0) is 0 Å². The summed E-state index contributed by atoms with van der Waals surface area (Å²) in [7, 11) is 0. The van der Waals surface area contributed by atoms with Crippen LogP contribution in [-0.4, -0.2) is 46.5 Å². The van der Waals surface area contributed by atoms with Gasteiger partial charge in [-0.05, 0) is 31.2 Å². The molecule has 0 fully saturated rings. The van der Waals surface area contributed by atoms with Crippen LogP contribution in [0.25, 0.3) is 5.69 Å². The number of rotatable bonds is 7. The molecule has 3 N–H and O–H groups in total. The minimum atomic E-state index is -3.22. The minimum absolute atomic E-state index is 0.0431. The number of halogens is 4. The molecule has 0 bridgehead atoms. The Morgan fingerprint density at radius 1 is 1.36 bits per heavy atom. The van der Waals surface area contributed by atoms with Crippen LogP contribution < -0.4 is 15.8 Å². The molecule has 2 rings (SSSR count). The van der Waals surface area contributed by atoms with Crippen LogP contribution >= 0.6 is 0 Å². The summed E-state index contributed by atoms with van der Waals surface area (Å²) >= 11 is 0. The summed E-state index contributed by atoms with van der Waals surface area (Å²) in [4.78, 5) is 11.9. The highest BCUT2D eigenvalue weighted by Crippen LogP contribution is 2.19. The van der Waals surface area contributed by atoms with Crippen LogP contribution in [0.15, 0.2) is 24.3 Å². The molecule has 1 amide bonds. The second kappa shape index (κ2) is 7.47. The van der Waals surface area contributed by atoms with Gasteiger partial charge in [-0.2, -0.15) is 8.78 Å². The molecule has 1 heterocycles. The first-order valence-corrected chi connectivity index (χ1v) is 7.07. The number of nitrogens with one attached hydrogen (secondary N) is 1. The Hall–Kier alpha value is -2.69. The molecule has 136 valence electrons. The van der Waals surface area contributed by atoms with E-state index < -0.39 is 31.5 Å². The van der Waals surface area contributed by atoms with Gasteiger partial charge in [-0.15, -0.1) is 5.10 Å². The second-order valence-electron chi connectivity index (χ2n) is 5.05. The fourth-order valence-corrected chi connectivity index (χ4v) is 1.92. The fourth-order valence-electron chi connectivity index (χ4n) is 1.92. The molecule has 7 nitrogen and oxygen atoms in total. The van der Waals surface area contributed by atoms with E-state index >= 15 is 0 Å². The summed E-state index contributed by atoms with van der Waals surface area (Å²) in [6.45, 7) is -3.25.